The van der Waals surface area contributed by atoms with Crippen molar-refractivity contribution in [1.82, 2.24) is 24.8 Å². The smallest absolute Gasteiger partial charge is 0.280 e. The van der Waals surface area contributed by atoms with Crippen LogP contribution in [0, 0.1) is 4.64 Å². The molecule has 0 aromatic carbocycles. The third-order valence-corrected chi connectivity index (χ3v) is 8.70. The number of phosphoric acid groups is 3. The fourth-order valence-corrected chi connectivity index (χ4v) is 6.44. The van der Waals surface area contributed by atoms with Crippen LogP contribution in [0.2, 0.25) is 0 Å². The molecule has 21 nitrogen and oxygen atoms in total. The molecule has 1 amide bonds. The van der Waals surface area contributed by atoms with Gasteiger partial charge in [0, 0.05) is 13.1 Å². The number of aromatic nitrogens is 4. The number of aromatic amines is 1. The Morgan fingerprint density at radius 2 is 1.97 bits per heavy atom. The second-order valence-electron chi connectivity index (χ2n) is 7.57. The van der Waals surface area contributed by atoms with Crippen molar-refractivity contribution in [1.29, 1.82) is 0 Å². The quantitative estimate of drug-likeness (QED) is 0.0907. The Hall–Kier alpha value is -1.71. The lowest BCUT2D eigenvalue weighted by atomic mass is 10.1. The first kappa shape index (κ1) is 31.8. The molecule has 8 N–H and O–H groups in total. The van der Waals surface area contributed by atoms with Crippen LogP contribution in [0.25, 0.3) is 11.2 Å². The van der Waals surface area contributed by atoms with Gasteiger partial charge in [0.2, 0.25) is 5.91 Å². The minimum atomic E-state index is -6.15. The number of nitrogens with one attached hydrogen (secondary N) is 2. The van der Waals surface area contributed by atoms with Gasteiger partial charge in [-0.15, -0.1) is 0 Å². The third-order valence-electron chi connectivity index (χ3n) is 4.73. The Morgan fingerprint density at radius 1 is 1.28 bits per heavy atom. The first-order valence-corrected chi connectivity index (χ1v) is 15.2. The van der Waals surface area contributed by atoms with E-state index in [-0.39, 0.29) is 34.8 Å². The van der Waals surface area contributed by atoms with E-state index in [0.717, 1.165) is 0 Å². The fourth-order valence-electron chi connectivity index (χ4n) is 3.29. The van der Waals surface area contributed by atoms with E-state index in [9.17, 15) is 38.3 Å². The number of aliphatic hydroxyl groups excluding tert-OH is 1. The monoisotopic (exact) mass is 636 g/mol. The largest absolute Gasteiger partial charge is 0.756 e. The topological polar surface area (TPSA) is 335 Å². The first-order valence-electron chi connectivity index (χ1n) is 10.4. The van der Waals surface area contributed by atoms with Gasteiger partial charge in [0.15, 0.2) is 16.8 Å². The van der Waals surface area contributed by atoms with Crippen LogP contribution in [0.3, 0.4) is 0 Å². The van der Waals surface area contributed by atoms with Crippen molar-refractivity contribution in [3.05, 3.63) is 11.0 Å². The molecule has 0 radical (unpaired) electrons. The first-order chi connectivity index (χ1) is 18.0. The zero-order valence-electron chi connectivity index (χ0n) is 19.3. The summed E-state index contributed by atoms with van der Waals surface area (Å²) in [6.07, 6.45) is -4.81. The summed E-state index contributed by atoms with van der Waals surface area (Å²) in [6.45, 7) is -1.43. The van der Waals surface area contributed by atoms with Gasteiger partial charge in [-0.2, -0.15) is 0 Å². The number of anilines is 1. The molecule has 1 aliphatic rings. The zero-order chi connectivity index (χ0) is 29.2. The maximum Gasteiger partial charge on any atom is 0.280 e. The van der Waals surface area contributed by atoms with Crippen LogP contribution < -0.4 is 31.5 Å². The maximum absolute atomic E-state index is 12.0. The van der Waals surface area contributed by atoms with Crippen molar-refractivity contribution in [2.75, 3.05) is 32.0 Å². The van der Waals surface area contributed by atoms with Crippen LogP contribution in [-0.4, -0.2) is 80.0 Å². The number of hydrogen-bond acceptors (Lipinski definition) is 18. The second kappa shape index (κ2) is 12.4. The number of amides is 1. The van der Waals surface area contributed by atoms with Crippen LogP contribution in [0.1, 0.15) is 6.23 Å². The number of ether oxygens (including phenoxy) is 2. The molecule has 1 aliphatic heterocycles. The average molecular weight is 636 g/mol. The summed E-state index contributed by atoms with van der Waals surface area (Å²) in [5.74, 6) is -0.719. The number of nitrogens with two attached hydrogens (primary N) is 2. The summed E-state index contributed by atoms with van der Waals surface area (Å²) >= 11 is 5.11. The molecule has 39 heavy (non-hydrogen) atoms. The van der Waals surface area contributed by atoms with E-state index >= 15 is 0 Å². The van der Waals surface area contributed by atoms with E-state index < -0.39 is 67.1 Å². The Labute approximate surface area is 222 Å². The number of carbonyl (C=O) groups is 1. The van der Waals surface area contributed by atoms with Gasteiger partial charge in [-0.25, -0.2) is 18.6 Å². The number of fused-ring (bicyclic) bond motifs is 1. The molecular weight excluding hydrogens is 615 g/mol. The number of nitrogens with zero attached hydrogens (tertiary/aromatic N) is 3. The molecule has 25 heteroatoms. The van der Waals surface area contributed by atoms with Gasteiger partial charge < -0.3 is 60.4 Å². The predicted molar refractivity (Wildman–Crippen MR) is 122 cm³/mol. The lowest BCUT2D eigenvalue weighted by Gasteiger charge is -2.33. The van der Waals surface area contributed by atoms with Crippen LogP contribution in [0.5, 0.6) is 0 Å². The third kappa shape index (κ3) is 8.64. The molecule has 1 fully saturated rings. The SMILES string of the molecule is NCCNC(=O)COC1[C@@H](O)[C@@H](COP(=O)([O-])OP(=O)([O-])OP(=O)([O-])O)O[C@H]1n1cnc2c(=S)nc(N)[nH]c21. The van der Waals surface area contributed by atoms with E-state index in [1.165, 1.54) is 10.9 Å². The summed E-state index contributed by atoms with van der Waals surface area (Å²) in [5, 5.41) is 13.2. The summed E-state index contributed by atoms with van der Waals surface area (Å²) < 4.78 is 57.5. The van der Waals surface area contributed by atoms with Crippen LogP contribution in [0.4, 0.5) is 5.95 Å². The van der Waals surface area contributed by atoms with Crippen LogP contribution in [0.15, 0.2) is 6.33 Å². The van der Waals surface area contributed by atoms with E-state index in [1.54, 1.807) is 0 Å². The van der Waals surface area contributed by atoms with Gasteiger partial charge in [-0.3, -0.25) is 23.1 Å². The number of aliphatic hydroxyl groups is 1. The van der Waals surface area contributed by atoms with Gasteiger partial charge in [-0.05, 0) is 0 Å². The molecule has 3 heterocycles. The van der Waals surface area contributed by atoms with Crippen molar-refractivity contribution in [2.45, 2.75) is 24.5 Å². The van der Waals surface area contributed by atoms with Crippen molar-refractivity contribution in [3.8, 4) is 0 Å². The summed E-state index contributed by atoms with van der Waals surface area (Å²) in [6, 6.07) is 0. The Balaban J connectivity index is 1.82. The maximum atomic E-state index is 12.0. The highest BCUT2D eigenvalue weighted by Gasteiger charge is 2.47. The molecular formula is C14H21N7O14P3S-3. The fraction of sp³-hybridized carbons (Fsp3) is 0.571. The van der Waals surface area contributed by atoms with Crippen LogP contribution >= 0.6 is 35.7 Å². The number of H-pyrrole nitrogens is 1. The molecule has 0 spiro atoms. The highest BCUT2D eigenvalue weighted by molar-refractivity contribution is 7.71. The number of phosphoric ester groups is 1. The van der Waals surface area contributed by atoms with Crippen molar-refractivity contribution < 1.29 is 65.8 Å². The molecule has 3 rings (SSSR count). The van der Waals surface area contributed by atoms with E-state index in [1.807, 2.05) is 0 Å². The summed E-state index contributed by atoms with van der Waals surface area (Å²) in [5.41, 5.74) is 11.3. The number of nitrogen functional groups attached to an aromatic ring is 1. The van der Waals surface area contributed by atoms with E-state index in [2.05, 4.69) is 33.4 Å². The predicted octanol–water partition coefficient (Wildman–Crippen LogP) is -3.76. The molecule has 1 saturated heterocycles. The molecule has 2 aromatic rings. The lowest BCUT2D eigenvalue weighted by Crippen LogP contribution is -2.39. The van der Waals surface area contributed by atoms with Gasteiger partial charge >= 0.3 is 0 Å². The Bertz CT molecular complexity index is 1400. The molecule has 0 bridgehead atoms. The van der Waals surface area contributed by atoms with Gasteiger partial charge in [0.25, 0.3) is 23.5 Å². The molecule has 4 unspecified atom stereocenters. The van der Waals surface area contributed by atoms with Crippen molar-refractivity contribution in [3.63, 3.8) is 0 Å². The highest BCUT2D eigenvalue weighted by atomic mass is 32.1. The number of hydrogen-bond donors (Lipinski definition) is 6. The molecule has 2 aromatic heterocycles. The zero-order valence-corrected chi connectivity index (χ0v) is 22.8. The summed E-state index contributed by atoms with van der Waals surface area (Å²) in [4.78, 5) is 65.0. The van der Waals surface area contributed by atoms with E-state index in [0.29, 0.717) is 0 Å². The average Bonchev–Trinajstić information content (AvgIpc) is 3.33. The van der Waals surface area contributed by atoms with Gasteiger partial charge in [0.05, 0.1) is 12.9 Å². The normalized spacial score (nSPS) is 26.1. The van der Waals surface area contributed by atoms with E-state index in [4.69, 9.17) is 38.1 Å². The standard InChI is InChI=1S/C14H24N7O14P3S/c15-1-2-17-7(22)4-31-10-9(23)6(3-32-37(27,28)35-38(29,30)34-36(24,25)26)33-13(10)21-5-18-8-11(21)19-14(16)20-12(8)39/h5-6,9-10,13,23H,1-4,15H2,(H,17,22)(H,27,28)(H,29,30)(H2,24,25,26)(H3,16,19,20,39)/p-3/t6-,9+,10?,13-/m1/s1. The minimum absolute atomic E-state index is 0.0104. The molecule has 0 saturated carbocycles. The number of rotatable bonds is 13. The van der Waals surface area contributed by atoms with Crippen molar-refractivity contribution >= 4 is 58.7 Å². The van der Waals surface area contributed by atoms with Crippen LogP contribution in [-0.2, 0) is 41.1 Å². The molecule has 0 aliphatic carbocycles. The second-order valence-corrected chi connectivity index (χ2v) is 12.2. The molecule has 7 atom stereocenters. The Morgan fingerprint density at radius 3 is 2.62 bits per heavy atom. The minimum Gasteiger partial charge on any atom is -0.756 e. The summed E-state index contributed by atoms with van der Waals surface area (Å²) in [7, 11) is -18.0. The Kier molecular flexibility index (Phi) is 10.1. The lowest BCUT2D eigenvalue weighted by molar-refractivity contribution is -0.250. The number of imidazole rings is 1. The molecule has 220 valence electrons. The van der Waals surface area contributed by atoms with Gasteiger partial charge in [0.1, 0.15) is 36.1 Å². The highest BCUT2D eigenvalue weighted by Crippen LogP contribution is 2.61. The number of carbonyl (C=O) groups excluding carboxylic acids is 1. The van der Waals surface area contributed by atoms with Crippen molar-refractivity contribution in [2.24, 2.45) is 5.73 Å². The van der Waals surface area contributed by atoms with Gasteiger partial charge in [-0.1, -0.05) is 12.2 Å².